The summed E-state index contributed by atoms with van der Waals surface area (Å²) in [5.41, 5.74) is 2.70. The Bertz CT molecular complexity index is 609. The van der Waals surface area contributed by atoms with Gasteiger partial charge in [-0.2, -0.15) is 0 Å². The highest BCUT2D eigenvalue weighted by molar-refractivity contribution is 6.30. The van der Waals surface area contributed by atoms with E-state index >= 15 is 0 Å². The first kappa shape index (κ1) is 18.3. The molecule has 3 rings (SSSR count). The minimum Gasteiger partial charge on any atom is -0.360 e. The number of halogens is 1. The van der Waals surface area contributed by atoms with Gasteiger partial charge in [0.2, 0.25) is 0 Å². The van der Waals surface area contributed by atoms with Crippen LogP contribution in [0.4, 0.5) is 5.69 Å². The number of quaternary nitrogens is 1. The Morgan fingerprint density at radius 1 is 1.24 bits per heavy atom. The Morgan fingerprint density at radius 3 is 2.80 bits per heavy atom. The van der Waals surface area contributed by atoms with Crippen molar-refractivity contribution in [1.29, 1.82) is 0 Å². The lowest BCUT2D eigenvalue weighted by atomic mass is 9.97. The number of rotatable bonds is 6. The number of hydrogen-bond donors (Lipinski definition) is 2. The summed E-state index contributed by atoms with van der Waals surface area (Å²) in [6.45, 7) is 5.29. The molecule has 0 atom stereocenters. The highest BCUT2D eigenvalue weighted by atomic mass is 35.5. The van der Waals surface area contributed by atoms with Crippen LogP contribution < -0.4 is 15.1 Å². The van der Waals surface area contributed by atoms with Gasteiger partial charge in [0.1, 0.15) is 0 Å². The second-order valence-electron chi connectivity index (χ2n) is 7.10. The zero-order valence-corrected chi connectivity index (χ0v) is 15.7. The molecular weight excluding hydrogens is 334 g/mol. The molecule has 25 heavy (non-hydrogen) atoms. The van der Waals surface area contributed by atoms with E-state index in [1.165, 1.54) is 41.8 Å². The van der Waals surface area contributed by atoms with E-state index in [0.717, 1.165) is 44.2 Å². The van der Waals surface area contributed by atoms with Crippen LogP contribution in [-0.4, -0.2) is 45.2 Å². The molecule has 1 aliphatic heterocycles. The highest BCUT2D eigenvalue weighted by Crippen LogP contribution is 2.20. The van der Waals surface area contributed by atoms with Gasteiger partial charge < -0.3 is 15.1 Å². The second-order valence-corrected chi connectivity index (χ2v) is 7.54. The SMILES string of the molecule is O=C(C[NH+]1CCN(c2cccc(Cl)c2)CC1)NCCC1=CCCCC1. The van der Waals surface area contributed by atoms with Crippen molar-refractivity contribution in [2.75, 3.05) is 44.2 Å². The van der Waals surface area contributed by atoms with Crippen molar-refractivity contribution in [2.45, 2.75) is 32.1 Å². The third-order valence-electron chi connectivity index (χ3n) is 5.21. The molecule has 136 valence electrons. The van der Waals surface area contributed by atoms with Crippen LogP contribution in [0.5, 0.6) is 0 Å². The number of anilines is 1. The van der Waals surface area contributed by atoms with Crippen molar-refractivity contribution in [1.82, 2.24) is 5.32 Å². The zero-order valence-electron chi connectivity index (χ0n) is 14.9. The average molecular weight is 363 g/mol. The number of allylic oxidation sites excluding steroid dienone is 1. The monoisotopic (exact) mass is 362 g/mol. The predicted molar refractivity (Wildman–Crippen MR) is 103 cm³/mol. The largest absolute Gasteiger partial charge is 0.360 e. The minimum absolute atomic E-state index is 0.183. The number of nitrogens with one attached hydrogen (secondary N) is 2. The van der Waals surface area contributed by atoms with Crippen LogP contribution in [0.1, 0.15) is 32.1 Å². The number of carbonyl (C=O) groups excluding carboxylic acids is 1. The average Bonchev–Trinajstić information content (AvgIpc) is 2.63. The van der Waals surface area contributed by atoms with Crippen molar-refractivity contribution in [3.8, 4) is 0 Å². The molecule has 2 aliphatic rings. The minimum atomic E-state index is 0.183. The van der Waals surface area contributed by atoms with Crippen molar-refractivity contribution < 1.29 is 9.69 Å². The van der Waals surface area contributed by atoms with E-state index in [2.05, 4.69) is 22.4 Å². The maximum atomic E-state index is 12.2. The van der Waals surface area contributed by atoms with Crippen LogP contribution in [0.15, 0.2) is 35.9 Å². The van der Waals surface area contributed by atoms with Gasteiger partial charge in [0, 0.05) is 17.3 Å². The number of amides is 1. The van der Waals surface area contributed by atoms with Crippen LogP contribution in [-0.2, 0) is 4.79 Å². The smallest absolute Gasteiger partial charge is 0.275 e. The topological polar surface area (TPSA) is 36.8 Å². The highest BCUT2D eigenvalue weighted by Gasteiger charge is 2.22. The number of piperazine rings is 1. The summed E-state index contributed by atoms with van der Waals surface area (Å²) < 4.78 is 0. The number of benzene rings is 1. The van der Waals surface area contributed by atoms with Gasteiger partial charge in [-0.3, -0.25) is 4.79 Å². The standard InChI is InChI=1S/C20H28ClN3O/c21-18-7-4-8-19(15-18)24-13-11-23(12-14-24)16-20(25)22-10-9-17-5-2-1-3-6-17/h4-5,7-8,15H,1-3,6,9-14,16H2,(H,22,25)/p+1. The fraction of sp³-hybridized carbons (Fsp3) is 0.550. The van der Waals surface area contributed by atoms with E-state index in [-0.39, 0.29) is 5.91 Å². The van der Waals surface area contributed by atoms with E-state index in [1.54, 1.807) is 0 Å². The van der Waals surface area contributed by atoms with E-state index in [1.807, 2.05) is 18.2 Å². The normalized spacial score (nSPS) is 18.8. The summed E-state index contributed by atoms with van der Waals surface area (Å²) in [4.78, 5) is 15.9. The predicted octanol–water partition coefficient (Wildman–Crippen LogP) is 2.05. The molecule has 0 saturated carbocycles. The number of hydrogen-bond acceptors (Lipinski definition) is 2. The van der Waals surface area contributed by atoms with Gasteiger partial charge in [0.15, 0.2) is 6.54 Å². The van der Waals surface area contributed by atoms with E-state index < -0.39 is 0 Å². The molecule has 5 heteroatoms. The molecule has 2 N–H and O–H groups in total. The molecule has 1 saturated heterocycles. The quantitative estimate of drug-likeness (QED) is 0.760. The van der Waals surface area contributed by atoms with Crippen LogP contribution in [0.2, 0.25) is 5.02 Å². The Labute approximate surface area is 155 Å². The molecular formula is C20H29ClN3O+. The molecule has 0 bridgehead atoms. The van der Waals surface area contributed by atoms with Crippen LogP contribution in [0, 0.1) is 0 Å². The van der Waals surface area contributed by atoms with E-state index in [0.29, 0.717) is 6.54 Å². The summed E-state index contributed by atoms with van der Waals surface area (Å²) in [5, 5.41) is 3.87. The molecule has 0 unspecified atom stereocenters. The molecule has 1 aliphatic carbocycles. The fourth-order valence-electron chi connectivity index (χ4n) is 3.71. The molecule has 4 nitrogen and oxygen atoms in total. The second kappa shape index (κ2) is 9.25. The lowest BCUT2D eigenvalue weighted by Crippen LogP contribution is -3.15. The van der Waals surface area contributed by atoms with Gasteiger partial charge >= 0.3 is 0 Å². The Balaban J connectivity index is 1.35. The summed E-state index contributed by atoms with van der Waals surface area (Å²) >= 11 is 6.08. The molecule has 0 radical (unpaired) electrons. The number of nitrogens with zero attached hydrogens (tertiary/aromatic N) is 1. The first-order valence-electron chi connectivity index (χ1n) is 9.49. The zero-order chi connectivity index (χ0) is 17.5. The first-order chi connectivity index (χ1) is 12.2. The van der Waals surface area contributed by atoms with E-state index in [4.69, 9.17) is 11.6 Å². The lowest BCUT2D eigenvalue weighted by Gasteiger charge is -2.33. The third-order valence-corrected chi connectivity index (χ3v) is 5.44. The van der Waals surface area contributed by atoms with Crippen LogP contribution in [0.3, 0.4) is 0 Å². The summed E-state index contributed by atoms with van der Waals surface area (Å²) in [6, 6.07) is 8.01. The molecule has 1 heterocycles. The fourth-order valence-corrected chi connectivity index (χ4v) is 3.90. The summed E-state index contributed by atoms with van der Waals surface area (Å²) in [7, 11) is 0. The van der Waals surface area contributed by atoms with Crippen LogP contribution >= 0.6 is 11.6 Å². The Kier molecular flexibility index (Phi) is 6.76. The van der Waals surface area contributed by atoms with Gasteiger partial charge in [0.25, 0.3) is 5.91 Å². The van der Waals surface area contributed by atoms with Crippen LogP contribution in [0.25, 0.3) is 0 Å². The van der Waals surface area contributed by atoms with Gasteiger partial charge in [-0.1, -0.05) is 29.3 Å². The van der Waals surface area contributed by atoms with Crippen molar-refractivity contribution in [2.24, 2.45) is 0 Å². The molecule has 1 aromatic rings. The maximum absolute atomic E-state index is 12.2. The molecule has 0 aromatic heterocycles. The lowest BCUT2D eigenvalue weighted by molar-refractivity contribution is -0.892. The molecule has 1 amide bonds. The summed E-state index contributed by atoms with van der Waals surface area (Å²) in [6.07, 6.45) is 8.43. The van der Waals surface area contributed by atoms with Gasteiger partial charge in [-0.25, -0.2) is 0 Å². The molecule has 1 aromatic carbocycles. The number of carbonyl (C=O) groups is 1. The van der Waals surface area contributed by atoms with Gasteiger partial charge in [-0.15, -0.1) is 0 Å². The Morgan fingerprint density at radius 2 is 2.08 bits per heavy atom. The van der Waals surface area contributed by atoms with Gasteiger partial charge in [0.05, 0.1) is 26.2 Å². The molecule has 0 spiro atoms. The van der Waals surface area contributed by atoms with E-state index in [9.17, 15) is 4.79 Å². The van der Waals surface area contributed by atoms with Crippen molar-refractivity contribution in [3.63, 3.8) is 0 Å². The Hall–Kier alpha value is -1.52. The first-order valence-corrected chi connectivity index (χ1v) is 9.87. The summed E-state index contributed by atoms with van der Waals surface area (Å²) in [5.74, 6) is 0.183. The van der Waals surface area contributed by atoms with Crippen molar-refractivity contribution in [3.05, 3.63) is 40.9 Å². The third kappa shape index (κ3) is 5.75. The van der Waals surface area contributed by atoms with Crippen molar-refractivity contribution >= 4 is 23.2 Å². The molecule has 1 fully saturated rings. The van der Waals surface area contributed by atoms with Gasteiger partial charge in [-0.05, 0) is 50.3 Å². The maximum Gasteiger partial charge on any atom is 0.275 e.